The topological polar surface area (TPSA) is 66.5 Å². The Balaban J connectivity index is 1.87. The fraction of sp³-hybridized carbons (Fsp3) is 0.316. The Morgan fingerprint density at radius 3 is 2.52 bits per heavy atom. The molecule has 6 heteroatoms. The van der Waals surface area contributed by atoms with Gasteiger partial charge in [0.25, 0.3) is 5.91 Å². The second-order valence-electron chi connectivity index (χ2n) is 6.51. The Morgan fingerprint density at radius 2 is 1.80 bits per heavy atom. The van der Waals surface area contributed by atoms with Crippen LogP contribution >= 0.6 is 0 Å². The maximum absolute atomic E-state index is 13.0. The Kier molecular flexibility index (Phi) is 4.92. The number of nitrogens with zero attached hydrogens (tertiary/aromatic N) is 1. The first kappa shape index (κ1) is 17.6. The normalized spacial score (nSPS) is 15.0. The molecule has 2 aromatic carbocycles. The van der Waals surface area contributed by atoms with E-state index in [0.29, 0.717) is 25.1 Å². The van der Waals surface area contributed by atoms with E-state index in [0.717, 1.165) is 5.56 Å². The van der Waals surface area contributed by atoms with Crippen molar-refractivity contribution in [3.8, 4) is 0 Å². The smallest absolute Gasteiger partial charge is 0.251 e. The molecular formula is C19H22N2O3S. The highest BCUT2D eigenvalue weighted by Gasteiger charge is 2.28. The number of carbonyl (C=O) groups is 1. The van der Waals surface area contributed by atoms with Gasteiger partial charge in [0.05, 0.1) is 4.90 Å². The van der Waals surface area contributed by atoms with E-state index in [9.17, 15) is 13.2 Å². The number of benzene rings is 2. The van der Waals surface area contributed by atoms with Crippen molar-refractivity contribution in [1.29, 1.82) is 0 Å². The predicted octanol–water partition coefficient (Wildman–Crippen LogP) is 2.57. The molecule has 0 spiro atoms. The van der Waals surface area contributed by atoms with Gasteiger partial charge in [-0.1, -0.05) is 30.3 Å². The van der Waals surface area contributed by atoms with E-state index < -0.39 is 10.0 Å². The van der Waals surface area contributed by atoms with Crippen LogP contribution in [0.3, 0.4) is 0 Å². The lowest BCUT2D eigenvalue weighted by Crippen LogP contribution is -2.36. The molecule has 0 bridgehead atoms. The van der Waals surface area contributed by atoms with Gasteiger partial charge in [-0.05, 0) is 49.6 Å². The maximum Gasteiger partial charge on any atom is 0.251 e. The highest BCUT2D eigenvalue weighted by atomic mass is 32.2. The van der Waals surface area contributed by atoms with Crippen LogP contribution in [0.15, 0.2) is 53.4 Å². The van der Waals surface area contributed by atoms with Gasteiger partial charge in [-0.2, -0.15) is 4.31 Å². The molecule has 0 fully saturated rings. The molecule has 3 rings (SSSR count). The summed E-state index contributed by atoms with van der Waals surface area (Å²) in [5.41, 5.74) is 2.58. The lowest BCUT2D eigenvalue weighted by molar-refractivity contribution is 0.0943. The monoisotopic (exact) mass is 358 g/mol. The minimum atomic E-state index is -3.64. The molecule has 0 unspecified atom stereocenters. The fourth-order valence-corrected chi connectivity index (χ4v) is 4.43. The number of nitrogens with one attached hydrogen (secondary N) is 1. The highest BCUT2D eigenvalue weighted by Crippen LogP contribution is 2.25. The van der Waals surface area contributed by atoms with Gasteiger partial charge in [0.2, 0.25) is 10.0 Å². The van der Waals surface area contributed by atoms with E-state index in [4.69, 9.17) is 0 Å². The molecule has 0 radical (unpaired) electrons. The largest absolute Gasteiger partial charge is 0.350 e. The molecule has 1 N–H and O–H groups in total. The van der Waals surface area contributed by atoms with Crippen LogP contribution in [-0.2, 0) is 23.0 Å². The fourth-order valence-electron chi connectivity index (χ4n) is 2.97. The third-order valence-electron chi connectivity index (χ3n) is 4.25. The second-order valence-corrected chi connectivity index (χ2v) is 8.45. The van der Waals surface area contributed by atoms with Crippen LogP contribution in [0.1, 0.15) is 35.3 Å². The molecular weight excluding hydrogens is 336 g/mol. The third-order valence-corrected chi connectivity index (χ3v) is 6.09. The first-order chi connectivity index (χ1) is 11.9. The average Bonchev–Trinajstić information content (AvgIpc) is 2.61. The summed E-state index contributed by atoms with van der Waals surface area (Å²) in [6.07, 6.45) is 0.697. The summed E-state index contributed by atoms with van der Waals surface area (Å²) >= 11 is 0. The van der Waals surface area contributed by atoms with Crippen molar-refractivity contribution in [2.24, 2.45) is 0 Å². The van der Waals surface area contributed by atoms with Crippen LogP contribution in [0.25, 0.3) is 0 Å². The van der Waals surface area contributed by atoms with Gasteiger partial charge >= 0.3 is 0 Å². The molecule has 1 aliphatic rings. The van der Waals surface area contributed by atoms with E-state index in [1.165, 1.54) is 15.9 Å². The summed E-state index contributed by atoms with van der Waals surface area (Å²) in [4.78, 5) is 12.3. The molecule has 1 aliphatic heterocycles. The summed E-state index contributed by atoms with van der Waals surface area (Å²) in [5, 5.41) is 2.78. The number of fused-ring (bicyclic) bond motifs is 1. The van der Waals surface area contributed by atoms with Gasteiger partial charge < -0.3 is 5.32 Å². The summed E-state index contributed by atoms with van der Waals surface area (Å²) in [5.74, 6) is -0.268. The molecule has 1 heterocycles. The van der Waals surface area contributed by atoms with Gasteiger partial charge in [0.1, 0.15) is 0 Å². The number of amides is 1. The molecule has 25 heavy (non-hydrogen) atoms. The van der Waals surface area contributed by atoms with Gasteiger partial charge in [0, 0.05) is 24.7 Å². The van der Waals surface area contributed by atoms with Crippen molar-refractivity contribution in [1.82, 2.24) is 9.62 Å². The minimum absolute atomic E-state index is 0.00800. The van der Waals surface area contributed by atoms with Crippen LogP contribution in [0.2, 0.25) is 0 Å². The van der Waals surface area contributed by atoms with E-state index in [1.807, 2.05) is 38.1 Å². The van der Waals surface area contributed by atoms with Crippen LogP contribution < -0.4 is 5.32 Å². The van der Waals surface area contributed by atoms with Crippen LogP contribution in [-0.4, -0.2) is 31.2 Å². The predicted molar refractivity (Wildman–Crippen MR) is 96.8 cm³/mol. The van der Waals surface area contributed by atoms with E-state index in [2.05, 4.69) is 5.32 Å². The number of hydrogen-bond donors (Lipinski definition) is 1. The molecule has 132 valence electrons. The first-order valence-electron chi connectivity index (χ1n) is 8.36. The Morgan fingerprint density at radius 1 is 1.08 bits per heavy atom. The molecule has 0 saturated carbocycles. The Hall–Kier alpha value is -2.18. The lowest BCUT2D eigenvalue weighted by atomic mass is 10.0. The van der Waals surface area contributed by atoms with Crippen molar-refractivity contribution >= 4 is 15.9 Å². The molecule has 1 amide bonds. The van der Waals surface area contributed by atoms with Gasteiger partial charge in [-0.25, -0.2) is 8.42 Å². The standard InChI is InChI=1S/C19H22N2O3S/c1-14(2)20-19(22)16-8-5-9-18(12-16)25(23,24)21-11-10-15-6-3-4-7-17(15)13-21/h3-9,12,14H,10-11,13H2,1-2H3,(H,20,22). The maximum atomic E-state index is 13.0. The SMILES string of the molecule is CC(C)NC(=O)c1cccc(S(=O)(=O)N2CCc3ccccc3C2)c1. The third kappa shape index (κ3) is 3.75. The zero-order valence-electron chi connectivity index (χ0n) is 14.4. The molecule has 0 aromatic heterocycles. The first-order valence-corrected chi connectivity index (χ1v) is 9.80. The quantitative estimate of drug-likeness (QED) is 0.913. The van der Waals surface area contributed by atoms with E-state index >= 15 is 0 Å². The van der Waals surface area contributed by atoms with Gasteiger partial charge in [0.15, 0.2) is 0 Å². The van der Waals surface area contributed by atoms with Crippen molar-refractivity contribution in [2.75, 3.05) is 6.54 Å². The van der Waals surface area contributed by atoms with Crippen LogP contribution in [0.4, 0.5) is 0 Å². The highest BCUT2D eigenvalue weighted by molar-refractivity contribution is 7.89. The van der Waals surface area contributed by atoms with E-state index in [1.54, 1.807) is 18.2 Å². The van der Waals surface area contributed by atoms with Crippen molar-refractivity contribution in [3.63, 3.8) is 0 Å². The molecule has 2 aromatic rings. The molecule has 0 aliphatic carbocycles. The summed E-state index contributed by atoms with van der Waals surface area (Å²) in [7, 11) is -3.64. The zero-order chi connectivity index (χ0) is 18.0. The Labute approximate surface area is 148 Å². The number of carbonyl (C=O) groups excluding carboxylic acids is 1. The summed E-state index contributed by atoms with van der Waals surface area (Å²) in [6.45, 7) is 4.54. The second kappa shape index (κ2) is 6.98. The Bertz CT molecular complexity index is 891. The molecule has 0 atom stereocenters. The van der Waals surface area contributed by atoms with Crippen molar-refractivity contribution in [2.45, 2.75) is 37.8 Å². The number of sulfonamides is 1. The number of rotatable bonds is 4. The minimum Gasteiger partial charge on any atom is -0.350 e. The van der Waals surface area contributed by atoms with E-state index in [-0.39, 0.29) is 16.8 Å². The molecule has 0 saturated heterocycles. The van der Waals surface area contributed by atoms with Gasteiger partial charge in [-0.3, -0.25) is 4.79 Å². The van der Waals surface area contributed by atoms with Gasteiger partial charge in [-0.15, -0.1) is 0 Å². The van der Waals surface area contributed by atoms with Crippen molar-refractivity contribution < 1.29 is 13.2 Å². The van der Waals surface area contributed by atoms with Crippen LogP contribution in [0, 0.1) is 0 Å². The lowest BCUT2D eigenvalue weighted by Gasteiger charge is -2.28. The summed E-state index contributed by atoms with van der Waals surface area (Å²) < 4.78 is 27.5. The average molecular weight is 358 g/mol. The van der Waals surface area contributed by atoms with Crippen molar-refractivity contribution in [3.05, 3.63) is 65.2 Å². The number of hydrogen-bond acceptors (Lipinski definition) is 3. The summed E-state index contributed by atoms with van der Waals surface area (Å²) in [6, 6.07) is 14.1. The zero-order valence-corrected chi connectivity index (χ0v) is 15.2. The van der Waals surface area contributed by atoms with Crippen LogP contribution in [0.5, 0.6) is 0 Å². The molecule has 5 nitrogen and oxygen atoms in total.